The standard InChI is InChI=1S/C16H16N6O2S/c23-14(18-8-9-22-15(24)5-3-7-19-22)10-12-11-25-16(20-12)21-13-4-1-2-6-17-13/h1-7,11H,8-10H2,(H,18,23)(H,17,20,21). The third-order valence-electron chi connectivity index (χ3n) is 3.22. The van der Waals surface area contributed by atoms with E-state index in [1.165, 1.54) is 28.3 Å². The highest BCUT2D eigenvalue weighted by molar-refractivity contribution is 7.13. The highest BCUT2D eigenvalue weighted by Gasteiger charge is 2.08. The first-order valence-electron chi connectivity index (χ1n) is 7.62. The molecule has 0 spiro atoms. The lowest BCUT2D eigenvalue weighted by Gasteiger charge is -2.05. The first-order valence-corrected chi connectivity index (χ1v) is 8.50. The van der Waals surface area contributed by atoms with Crippen LogP contribution < -0.4 is 16.2 Å². The smallest absolute Gasteiger partial charge is 0.266 e. The van der Waals surface area contributed by atoms with Gasteiger partial charge in [-0.1, -0.05) is 6.07 Å². The lowest BCUT2D eigenvalue weighted by molar-refractivity contribution is -0.120. The zero-order valence-electron chi connectivity index (χ0n) is 13.3. The number of carbonyl (C=O) groups is 1. The highest BCUT2D eigenvalue weighted by Crippen LogP contribution is 2.19. The van der Waals surface area contributed by atoms with E-state index in [9.17, 15) is 9.59 Å². The molecule has 0 aromatic carbocycles. The van der Waals surface area contributed by atoms with Crippen LogP contribution in [0.1, 0.15) is 5.69 Å². The second-order valence-corrected chi connectivity index (χ2v) is 5.95. The Morgan fingerprint density at radius 1 is 1.20 bits per heavy atom. The van der Waals surface area contributed by atoms with Crippen molar-refractivity contribution in [3.05, 3.63) is 64.2 Å². The van der Waals surface area contributed by atoms with Gasteiger partial charge in [0.1, 0.15) is 5.82 Å². The highest BCUT2D eigenvalue weighted by atomic mass is 32.1. The Hall–Kier alpha value is -3.07. The van der Waals surface area contributed by atoms with E-state index in [-0.39, 0.29) is 17.9 Å². The predicted molar refractivity (Wildman–Crippen MR) is 94.8 cm³/mol. The van der Waals surface area contributed by atoms with Crippen molar-refractivity contribution in [3.8, 4) is 0 Å². The third kappa shape index (κ3) is 4.95. The van der Waals surface area contributed by atoms with E-state index < -0.39 is 0 Å². The van der Waals surface area contributed by atoms with Crippen LogP contribution in [0.15, 0.2) is 52.9 Å². The number of nitrogens with one attached hydrogen (secondary N) is 2. The number of aromatic nitrogens is 4. The van der Waals surface area contributed by atoms with Crippen molar-refractivity contribution in [2.45, 2.75) is 13.0 Å². The van der Waals surface area contributed by atoms with Crippen LogP contribution in [-0.2, 0) is 17.8 Å². The van der Waals surface area contributed by atoms with E-state index in [2.05, 4.69) is 25.7 Å². The molecule has 0 bridgehead atoms. The first kappa shape index (κ1) is 16.8. The largest absolute Gasteiger partial charge is 0.354 e. The number of hydrogen-bond acceptors (Lipinski definition) is 7. The van der Waals surface area contributed by atoms with E-state index in [1.54, 1.807) is 12.3 Å². The topological polar surface area (TPSA) is 102 Å². The molecule has 25 heavy (non-hydrogen) atoms. The Morgan fingerprint density at radius 3 is 2.92 bits per heavy atom. The van der Waals surface area contributed by atoms with Gasteiger partial charge in [0, 0.05) is 30.4 Å². The Kier molecular flexibility index (Phi) is 5.47. The average molecular weight is 356 g/mol. The molecule has 0 radical (unpaired) electrons. The molecule has 0 aliphatic heterocycles. The number of rotatable bonds is 7. The molecule has 3 aromatic heterocycles. The summed E-state index contributed by atoms with van der Waals surface area (Å²) < 4.78 is 1.30. The quantitative estimate of drug-likeness (QED) is 0.659. The van der Waals surface area contributed by atoms with Crippen LogP contribution in [0.2, 0.25) is 0 Å². The van der Waals surface area contributed by atoms with Gasteiger partial charge in [0.2, 0.25) is 5.91 Å². The molecule has 0 aliphatic carbocycles. The summed E-state index contributed by atoms with van der Waals surface area (Å²) in [5.41, 5.74) is 0.484. The van der Waals surface area contributed by atoms with Gasteiger partial charge < -0.3 is 10.6 Å². The molecule has 9 heteroatoms. The summed E-state index contributed by atoms with van der Waals surface area (Å²) in [7, 11) is 0. The zero-order chi connectivity index (χ0) is 17.5. The van der Waals surface area contributed by atoms with Gasteiger partial charge in [-0.25, -0.2) is 14.6 Å². The molecular weight excluding hydrogens is 340 g/mol. The molecule has 1 amide bonds. The third-order valence-corrected chi connectivity index (χ3v) is 4.03. The van der Waals surface area contributed by atoms with Gasteiger partial charge in [0.25, 0.3) is 5.56 Å². The normalized spacial score (nSPS) is 10.4. The number of carbonyl (C=O) groups excluding carboxylic acids is 1. The van der Waals surface area contributed by atoms with Crippen LogP contribution in [0, 0.1) is 0 Å². The SMILES string of the molecule is O=C(Cc1csc(Nc2ccccn2)n1)NCCn1ncccc1=O. The number of amides is 1. The predicted octanol–water partition coefficient (Wildman–Crippen LogP) is 1.20. The van der Waals surface area contributed by atoms with Crippen LogP contribution in [-0.4, -0.2) is 32.2 Å². The first-order chi connectivity index (χ1) is 12.2. The lowest BCUT2D eigenvalue weighted by atomic mass is 10.3. The second-order valence-electron chi connectivity index (χ2n) is 5.10. The van der Waals surface area contributed by atoms with Crippen LogP contribution in [0.5, 0.6) is 0 Å². The van der Waals surface area contributed by atoms with E-state index in [0.717, 1.165) is 0 Å². The fourth-order valence-electron chi connectivity index (χ4n) is 2.08. The van der Waals surface area contributed by atoms with Crippen LogP contribution >= 0.6 is 11.3 Å². The van der Waals surface area contributed by atoms with Crippen molar-refractivity contribution in [3.63, 3.8) is 0 Å². The van der Waals surface area contributed by atoms with Gasteiger partial charge in [-0.05, 0) is 18.2 Å². The van der Waals surface area contributed by atoms with Crippen LogP contribution in [0.4, 0.5) is 10.9 Å². The van der Waals surface area contributed by atoms with Crippen LogP contribution in [0.25, 0.3) is 0 Å². The van der Waals surface area contributed by atoms with Gasteiger partial charge in [-0.15, -0.1) is 11.3 Å². The number of nitrogens with zero attached hydrogens (tertiary/aromatic N) is 4. The Labute approximate surface area is 147 Å². The molecule has 0 unspecified atom stereocenters. The minimum absolute atomic E-state index is 0.154. The molecular formula is C16H16N6O2S. The summed E-state index contributed by atoms with van der Waals surface area (Å²) in [6, 6.07) is 8.57. The summed E-state index contributed by atoms with van der Waals surface area (Å²) in [6.07, 6.45) is 3.41. The fourth-order valence-corrected chi connectivity index (χ4v) is 2.79. The average Bonchev–Trinajstić information content (AvgIpc) is 3.04. The van der Waals surface area contributed by atoms with Crippen molar-refractivity contribution in [1.82, 2.24) is 25.1 Å². The minimum atomic E-state index is -0.193. The van der Waals surface area contributed by atoms with Crippen molar-refractivity contribution in [2.24, 2.45) is 0 Å². The van der Waals surface area contributed by atoms with Crippen LogP contribution in [0.3, 0.4) is 0 Å². The van der Waals surface area contributed by atoms with Gasteiger partial charge in [-0.2, -0.15) is 5.10 Å². The summed E-state index contributed by atoms with van der Waals surface area (Å²) >= 11 is 1.41. The lowest BCUT2D eigenvalue weighted by Crippen LogP contribution is -2.32. The number of hydrogen-bond donors (Lipinski definition) is 2. The molecule has 0 saturated heterocycles. The molecule has 2 N–H and O–H groups in total. The number of anilines is 2. The summed E-state index contributed by atoms with van der Waals surface area (Å²) in [5, 5.41) is 12.3. The molecule has 0 atom stereocenters. The van der Waals surface area contributed by atoms with Gasteiger partial charge in [0.05, 0.1) is 18.7 Å². The maximum absolute atomic E-state index is 12.0. The maximum atomic E-state index is 12.0. The van der Waals surface area contributed by atoms with Crippen molar-refractivity contribution in [1.29, 1.82) is 0 Å². The fraction of sp³-hybridized carbons (Fsp3) is 0.188. The molecule has 3 rings (SSSR count). The monoisotopic (exact) mass is 356 g/mol. The molecule has 8 nitrogen and oxygen atoms in total. The molecule has 0 fully saturated rings. The van der Waals surface area contributed by atoms with E-state index in [0.29, 0.717) is 29.7 Å². The Morgan fingerprint density at radius 2 is 2.12 bits per heavy atom. The van der Waals surface area contributed by atoms with Gasteiger partial charge in [0.15, 0.2) is 5.13 Å². The van der Waals surface area contributed by atoms with Gasteiger partial charge >= 0.3 is 0 Å². The number of pyridine rings is 1. The maximum Gasteiger partial charge on any atom is 0.266 e. The molecule has 128 valence electrons. The number of thiazole rings is 1. The molecule has 0 saturated carbocycles. The van der Waals surface area contributed by atoms with E-state index in [1.807, 2.05) is 23.6 Å². The Bertz CT molecular complexity index is 893. The van der Waals surface area contributed by atoms with E-state index >= 15 is 0 Å². The van der Waals surface area contributed by atoms with Gasteiger partial charge in [-0.3, -0.25) is 9.59 Å². The summed E-state index contributed by atoms with van der Waals surface area (Å²) in [5.74, 6) is 0.548. The summed E-state index contributed by atoms with van der Waals surface area (Å²) in [4.78, 5) is 32.0. The molecule has 3 aromatic rings. The van der Waals surface area contributed by atoms with E-state index in [4.69, 9.17) is 0 Å². The van der Waals surface area contributed by atoms with Crippen molar-refractivity contribution < 1.29 is 4.79 Å². The summed E-state index contributed by atoms with van der Waals surface area (Å²) in [6.45, 7) is 0.661. The second kappa shape index (κ2) is 8.15. The molecule has 3 heterocycles. The zero-order valence-corrected chi connectivity index (χ0v) is 14.1. The van der Waals surface area contributed by atoms with Crippen molar-refractivity contribution in [2.75, 3.05) is 11.9 Å². The minimum Gasteiger partial charge on any atom is -0.354 e. The Balaban J connectivity index is 1.47. The molecule has 0 aliphatic rings. The van der Waals surface area contributed by atoms with Crippen molar-refractivity contribution >= 4 is 28.2 Å².